The summed E-state index contributed by atoms with van der Waals surface area (Å²) in [5.74, 6) is 1.08. The third-order valence-corrected chi connectivity index (χ3v) is 3.29. The van der Waals surface area contributed by atoms with E-state index in [2.05, 4.69) is 48.2 Å². The van der Waals surface area contributed by atoms with Gasteiger partial charge in [0.15, 0.2) is 0 Å². The smallest absolute Gasteiger partial charge is 0.124 e. The van der Waals surface area contributed by atoms with Crippen LogP contribution in [-0.4, -0.2) is 5.84 Å². The van der Waals surface area contributed by atoms with Crippen LogP contribution in [0.2, 0.25) is 0 Å². The molecule has 0 unspecified atom stereocenters. The fourth-order valence-electron chi connectivity index (χ4n) is 0.940. The van der Waals surface area contributed by atoms with E-state index in [1.54, 1.807) is 0 Å². The van der Waals surface area contributed by atoms with Gasteiger partial charge in [-0.25, -0.2) is 3.21 Å². The highest BCUT2D eigenvalue weighted by Gasteiger charge is 2.06. The first-order valence-electron chi connectivity index (χ1n) is 3.98. The third-order valence-electron chi connectivity index (χ3n) is 1.62. The molecule has 0 radical (unpaired) electrons. The van der Waals surface area contributed by atoms with E-state index in [0.717, 1.165) is 12.3 Å². The maximum absolute atomic E-state index is 4.19. The van der Waals surface area contributed by atoms with Crippen molar-refractivity contribution >= 4 is 57.3 Å². The van der Waals surface area contributed by atoms with Gasteiger partial charge >= 0.3 is 0 Å². The van der Waals surface area contributed by atoms with Crippen molar-refractivity contribution in [2.24, 2.45) is 3.21 Å². The van der Waals surface area contributed by atoms with Gasteiger partial charge in [0.2, 0.25) is 0 Å². The van der Waals surface area contributed by atoms with Crippen LogP contribution in [0.25, 0.3) is 0 Å². The van der Waals surface area contributed by atoms with Crippen LogP contribution in [0.4, 0.5) is 5.69 Å². The van der Waals surface area contributed by atoms with Crippen molar-refractivity contribution in [2.45, 2.75) is 13.3 Å². The molecule has 0 aliphatic heterocycles. The van der Waals surface area contributed by atoms with E-state index < -0.39 is 0 Å². The topological polar surface area (TPSA) is 15.6 Å². The molecule has 0 bridgehead atoms. The van der Waals surface area contributed by atoms with Gasteiger partial charge < -0.3 is 0 Å². The molecule has 0 aliphatic rings. The van der Waals surface area contributed by atoms with Crippen LogP contribution in [0.5, 0.6) is 0 Å². The molecule has 0 spiro atoms. The van der Waals surface area contributed by atoms with Gasteiger partial charge in [-0.15, -0.1) is 0 Å². The number of halogens is 2. The lowest BCUT2D eigenvalue weighted by atomic mass is 10.3. The van der Waals surface area contributed by atoms with Crippen LogP contribution in [0.15, 0.2) is 33.5 Å². The first kappa shape index (κ1) is 11.2. The number of amidine groups is 1. The molecule has 0 atom stereocenters. The minimum absolute atomic E-state index is 0.945. The van der Waals surface area contributed by atoms with Gasteiger partial charge in [0, 0.05) is 6.42 Å². The average molecular weight is 400 g/mol. The van der Waals surface area contributed by atoms with E-state index in [1.165, 1.54) is 5.69 Å². The van der Waals surface area contributed by atoms with Crippen LogP contribution >= 0.6 is 45.7 Å². The molecule has 4 heteroatoms. The van der Waals surface area contributed by atoms with E-state index >= 15 is 0 Å². The normalized spacial score (nSPS) is 11.5. The molecule has 0 heterocycles. The van der Waals surface area contributed by atoms with Crippen LogP contribution in [0.1, 0.15) is 13.3 Å². The number of hydrogen-bond acceptors (Lipinski definition) is 1. The Morgan fingerprint density at radius 1 is 1.38 bits per heavy atom. The summed E-state index contributed by atoms with van der Waals surface area (Å²) in [6.07, 6.45) is 0.945. The van der Waals surface area contributed by atoms with Gasteiger partial charge in [-0.05, 0) is 12.1 Å². The molecule has 0 N–H and O–H groups in total. The first-order chi connectivity index (χ1) is 6.29. The zero-order valence-corrected chi connectivity index (χ0v) is 11.6. The van der Waals surface area contributed by atoms with Gasteiger partial charge in [-0.3, -0.25) is 3.11 Å². The predicted octanol–water partition coefficient (Wildman–Crippen LogP) is 4.00. The quantitative estimate of drug-likeness (QED) is 0.317. The van der Waals surface area contributed by atoms with Crippen molar-refractivity contribution in [3.63, 3.8) is 0 Å². The van der Waals surface area contributed by atoms with Crippen molar-refractivity contribution in [2.75, 3.05) is 3.11 Å². The predicted molar refractivity (Wildman–Crippen MR) is 74.7 cm³/mol. The zero-order valence-electron chi connectivity index (χ0n) is 7.24. The summed E-state index contributed by atoms with van der Waals surface area (Å²) in [6.45, 7) is 2.10. The van der Waals surface area contributed by atoms with Crippen molar-refractivity contribution in [3.05, 3.63) is 30.3 Å². The van der Waals surface area contributed by atoms with Gasteiger partial charge in [0.25, 0.3) is 0 Å². The fourth-order valence-corrected chi connectivity index (χ4v) is 2.68. The monoisotopic (exact) mass is 400 g/mol. The lowest BCUT2D eigenvalue weighted by Crippen LogP contribution is -2.17. The highest BCUT2D eigenvalue weighted by atomic mass is 127. The molecule has 1 rings (SSSR count). The third kappa shape index (κ3) is 3.08. The Kier molecular flexibility index (Phi) is 5.00. The molecule has 1 aromatic rings. The number of rotatable bonds is 2. The second-order valence-electron chi connectivity index (χ2n) is 2.47. The lowest BCUT2D eigenvalue weighted by Gasteiger charge is -2.16. The van der Waals surface area contributed by atoms with E-state index in [9.17, 15) is 0 Å². The molecular formula is C9H10I2N2. The van der Waals surface area contributed by atoms with Gasteiger partial charge in [0.1, 0.15) is 5.84 Å². The molecule has 0 aromatic heterocycles. The van der Waals surface area contributed by atoms with Crippen LogP contribution in [-0.2, 0) is 0 Å². The molecule has 0 saturated heterocycles. The Bertz CT molecular complexity index is 285. The molecule has 13 heavy (non-hydrogen) atoms. The Morgan fingerprint density at radius 3 is 2.46 bits per heavy atom. The van der Waals surface area contributed by atoms with Gasteiger partial charge in [-0.1, -0.05) is 25.1 Å². The van der Waals surface area contributed by atoms with Crippen LogP contribution in [0.3, 0.4) is 0 Å². The molecule has 1 aromatic carbocycles. The average Bonchev–Trinajstić information content (AvgIpc) is 2.21. The number of nitrogens with zero attached hydrogens (tertiary/aromatic N) is 2. The van der Waals surface area contributed by atoms with Crippen molar-refractivity contribution < 1.29 is 0 Å². The number of benzene rings is 1. The van der Waals surface area contributed by atoms with E-state index in [-0.39, 0.29) is 0 Å². The second-order valence-corrected chi connectivity index (χ2v) is 3.92. The van der Waals surface area contributed by atoms with Crippen molar-refractivity contribution in [1.29, 1.82) is 0 Å². The zero-order chi connectivity index (χ0) is 9.68. The highest BCUT2D eigenvalue weighted by molar-refractivity contribution is 14.1. The molecule has 0 aliphatic carbocycles. The van der Waals surface area contributed by atoms with Crippen LogP contribution < -0.4 is 3.11 Å². The molecule has 0 amide bonds. The molecule has 0 fully saturated rings. The second kappa shape index (κ2) is 5.79. The number of para-hydroxylation sites is 1. The lowest BCUT2D eigenvalue weighted by molar-refractivity contribution is 1.26. The Hall–Kier alpha value is 0.150. The van der Waals surface area contributed by atoms with Crippen molar-refractivity contribution in [1.82, 2.24) is 0 Å². The minimum Gasteiger partial charge on any atom is -0.270 e. The van der Waals surface area contributed by atoms with E-state index in [1.807, 2.05) is 41.1 Å². The summed E-state index contributed by atoms with van der Waals surface area (Å²) in [4.78, 5) is 0. The Labute approximate surface area is 106 Å². The van der Waals surface area contributed by atoms with Gasteiger partial charge in [-0.2, -0.15) is 0 Å². The maximum Gasteiger partial charge on any atom is 0.124 e. The Morgan fingerprint density at radius 2 is 2.00 bits per heavy atom. The molecular weight excluding hydrogens is 390 g/mol. The van der Waals surface area contributed by atoms with Gasteiger partial charge in [0.05, 0.1) is 51.4 Å². The fraction of sp³-hybridized carbons (Fsp3) is 0.222. The maximum atomic E-state index is 4.19. The number of hydrogen-bond donors (Lipinski definition) is 0. The van der Waals surface area contributed by atoms with Crippen LogP contribution in [0, 0.1) is 0 Å². The standard InChI is InChI=1S/C9H10I2N2/c1-2-9(12-10)13(11)8-6-4-3-5-7-8/h3-7H,2H2,1H3/b12-9-. The highest BCUT2D eigenvalue weighted by Crippen LogP contribution is 2.19. The Balaban J connectivity index is 2.85. The summed E-state index contributed by atoms with van der Waals surface area (Å²) in [5, 5.41) is 0. The molecule has 0 saturated carbocycles. The minimum atomic E-state index is 0.945. The van der Waals surface area contributed by atoms with Crippen molar-refractivity contribution in [3.8, 4) is 0 Å². The summed E-state index contributed by atoms with van der Waals surface area (Å²) >= 11 is 4.30. The molecule has 2 nitrogen and oxygen atoms in total. The summed E-state index contributed by atoms with van der Waals surface area (Å²) in [7, 11) is 0. The summed E-state index contributed by atoms with van der Waals surface area (Å²) < 4.78 is 6.26. The first-order valence-corrected chi connectivity index (χ1v) is 5.91. The summed E-state index contributed by atoms with van der Waals surface area (Å²) in [6, 6.07) is 10.2. The summed E-state index contributed by atoms with van der Waals surface area (Å²) in [5.41, 5.74) is 1.17. The van der Waals surface area contributed by atoms with E-state index in [0.29, 0.717) is 0 Å². The largest absolute Gasteiger partial charge is 0.270 e. The molecule has 70 valence electrons. The SMILES string of the molecule is CC/C(=N/I)N(I)c1ccccc1. The van der Waals surface area contributed by atoms with E-state index in [4.69, 9.17) is 0 Å². The number of anilines is 1.